The van der Waals surface area contributed by atoms with Crippen molar-refractivity contribution in [3.8, 4) is 5.75 Å². The van der Waals surface area contributed by atoms with E-state index in [1.165, 1.54) is 0 Å². The Hall–Kier alpha value is -0.515. The van der Waals surface area contributed by atoms with Crippen LogP contribution in [-0.2, 0) is 9.31 Å². The molecule has 2 rings (SSSR count). The lowest BCUT2D eigenvalue weighted by atomic mass is 9.75. The highest BCUT2D eigenvalue weighted by Crippen LogP contribution is 2.27. The number of benzene rings is 1. The van der Waals surface area contributed by atoms with E-state index < -0.39 is 0 Å². The van der Waals surface area contributed by atoms with Crippen LogP contribution in [-0.4, -0.2) is 23.9 Å². The first kappa shape index (κ1) is 12.9. The topological polar surface area (TPSA) is 38.7 Å². The van der Waals surface area contributed by atoms with E-state index in [2.05, 4.69) is 29.8 Å². The molecule has 0 bridgehead atoms. The molecule has 5 heteroatoms. The van der Waals surface area contributed by atoms with E-state index in [0.717, 1.165) is 11.9 Å². The molecular weight excluding hydrogens is 283 g/mol. The lowest BCUT2D eigenvalue weighted by molar-refractivity contribution is -0.0229. The van der Waals surface area contributed by atoms with E-state index in [9.17, 15) is 5.11 Å². The maximum Gasteiger partial charge on any atom is 0.494 e. The van der Waals surface area contributed by atoms with E-state index in [4.69, 9.17) is 9.31 Å². The lowest BCUT2D eigenvalue weighted by Gasteiger charge is -2.38. The minimum absolute atomic E-state index is 0.163. The van der Waals surface area contributed by atoms with Crippen LogP contribution in [0.5, 0.6) is 5.75 Å². The number of rotatable bonds is 1. The number of phenols is 1. The van der Waals surface area contributed by atoms with E-state index in [1.54, 1.807) is 6.07 Å². The van der Waals surface area contributed by atoms with Gasteiger partial charge in [0.05, 0.1) is 10.1 Å². The van der Waals surface area contributed by atoms with Gasteiger partial charge in [-0.25, -0.2) is 0 Å². The molecule has 0 unspecified atom stereocenters. The summed E-state index contributed by atoms with van der Waals surface area (Å²) < 4.78 is 12.3. The van der Waals surface area contributed by atoms with Gasteiger partial charge in [-0.3, -0.25) is 0 Å². The number of halogens is 1. The molecule has 1 aromatic rings. The van der Waals surface area contributed by atoms with Crippen LogP contribution in [0.25, 0.3) is 0 Å². The van der Waals surface area contributed by atoms with E-state index in [1.807, 2.05) is 19.1 Å². The van der Waals surface area contributed by atoms with Crippen LogP contribution in [0.4, 0.5) is 0 Å². The zero-order valence-corrected chi connectivity index (χ0v) is 11.8. The van der Waals surface area contributed by atoms with Crippen LogP contribution >= 0.6 is 15.9 Å². The molecule has 3 nitrogen and oxygen atoms in total. The van der Waals surface area contributed by atoms with Crippen molar-refractivity contribution in [1.29, 1.82) is 0 Å². The summed E-state index contributed by atoms with van der Waals surface area (Å²) in [6.45, 7) is 6.18. The minimum Gasteiger partial charge on any atom is -0.507 e. The minimum atomic E-state index is -0.370. The van der Waals surface area contributed by atoms with Crippen LogP contribution in [0.15, 0.2) is 22.7 Å². The summed E-state index contributed by atoms with van der Waals surface area (Å²) in [6, 6.07) is 5.28. The zero-order chi connectivity index (χ0) is 12.6. The SMILES string of the molecule is C[C@H]1CC(C)(C)OB(c2ccc(O)c(Br)c2)O1. The number of aromatic hydroxyl groups is 1. The standard InChI is InChI=1S/C12H16BBrO3/c1-8-7-12(2,3)17-13(16-8)9-4-5-11(15)10(14)6-9/h4-6,8,15H,7H2,1-3H3/t8-/m0/s1. The second kappa shape index (κ2) is 4.63. The summed E-state index contributed by atoms with van der Waals surface area (Å²) in [6.07, 6.45) is 1.04. The van der Waals surface area contributed by atoms with Gasteiger partial charge in [-0.2, -0.15) is 0 Å². The molecule has 0 spiro atoms. The van der Waals surface area contributed by atoms with Gasteiger partial charge >= 0.3 is 7.12 Å². The molecule has 1 heterocycles. The Morgan fingerprint density at radius 3 is 2.76 bits per heavy atom. The van der Waals surface area contributed by atoms with E-state index in [0.29, 0.717) is 4.47 Å². The van der Waals surface area contributed by atoms with Crippen molar-refractivity contribution < 1.29 is 14.4 Å². The molecule has 0 saturated carbocycles. The summed E-state index contributed by atoms with van der Waals surface area (Å²) in [5, 5.41) is 9.47. The van der Waals surface area contributed by atoms with Gasteiger partial charge in [-0.1, -0.05) is 6.07 Å². The second-order valence-electron chi connectivity index (χ2n) is 5.07. The smallest absolute Gasteiger partial charge is 0.494 e. The normalized spacial score (nSPS) is 23.8. The van der Waals surface area contributed by atoms with Gasteiger partial charge in [0.1, 0.15) is 5.75 Å². The highest BCUT2D eigenvalue weighted by atomic mass is 79.9. The molecule has 1 saturated heterocycles. The van der Waals surface area contributed by atoms with Crippen molar-refractivity contribution in [3.63, 3.8) is 0 Å². The third kappa shape index (κ3) is 3.03. The Bertz CT molecular complexity index is 422. The van der Waals surface area contributed by atoms with Gasteiger partial charge in [-0.05, 0) is 60.7 Å². The Balaban J connectivity index is 2.24. The van der Waals surface area contributed by atoms with Crippen LogP contribution in [0.1, 0.15) is 27.2 Å². The highest BCUT2D eigenvalue weighted by molar-refractivity contribution is 9.10. The maximum absolute atomic E-state index is 9.47. The predicted octanol–water partition coefficient (Wildman–Crippen LogP) is 2.45. The fourth-order valence-electron chi connectivity index (χ4n) is 2.13. The monoisotopic (exact) mass is 298 g/mol. The van der Waals surface area contributed by atoms with Crippen molar-refractivity contribution in [2.45, 2.75) is 38.9 Å². The van der Waals surface area contributed by atoms with Crippen LogP contribution in [0, 0.1) is 0 Å². The number of phenolic OH excluding ortho intramolecular Hbond substituents is 1. The van der Waals surface area contributed by atoms with Crippen molar-refractivity contribution in [2.24, 2.45) is 0 Å². The summed E-state index contributed by atoms with van der Waals surface area (Å²) in [7, 11) is -0.370. The molecule has 0 aromatic heterocycles. The van der Waals surface area contributed by atoms with Gasteiger partial charge in [-0.15, -0.1) is 0 Å². The average Bonchev–Trinajstić information content (AvgIpc) is 2.19. The molecule has 1 atom stereocenters. The average molecular weight is 299 g/mol. The Labute approximate surface area is 110 Å². The quantitative estimate of drug-likeness (QED) is 0.810. The van der Waals surface area contributed by atoms with Gasteiger partial charge in [0.2, 0.25) is 0 Å². The molecule has 1 N–H and O–H groups in total. The molecule has 17 heavy (non-hydrogen) atoms. The molecule has 1 aliphatic heterocycles. The zero-order valence-electron chi connectivity index (χ0n) is 10.2. The molecule has 1 aromatic carbocycles. The van der Waals surface area contributed by atoms with Crippen molar-refractivity contribution in [2.75, 3.05) is 0 Å². The van der Waals surface area contributed by atoms with Gasteiger partial charge in [0.25, 0.3) is 0 Å². The molecule has 0 amide bonds. The summed E-state index contributed by atoms with van der Waals surface area (Å²) in [4.78, 5) is 0. The first-order valence-corrected chi connectivity index (χ1v) is 6.48. The van der Waals surface area contributed by atoms with E-state index in [-0.39, 0.29) is 24.6 Å². The van der Waals surface area contributed by atoms with Crippen LogP contribution < -0.4 is 5.46 Å². The first-order chi connectivity index (χ1) is 7.87. The maximum atomic E-state index is 9.47. The molecule has 0 aliphatic carbocycles. The third-order valence-electron chi connectivity index (χ3n) is 2.80. The fourth-order valence-corrected chi connectivity index (χ4v) is 2.53. The van der Waals surface area contributed by atoms with Gasteiger partial charge in [0.15, 0.2) is 0 Å². The van der Waals surface area contributed by atoms with Gasteiger partial charge in [0, 0.05) is 6.10 Å². The third-order valence-corrected chi connectivity index (χ3v) is 3.44. The summed E-state index contributed by atoms with van der Waals surface area (Å²) in [5.41, 5.74) is 0.724. The summed E-state index contributed by atoms with van der Waals surface area (Å²) >= 11 is 3.30. The lowest BCUT2D eigenvalue weighted by Crippen LogP contribution is -2.51. The number of hydrogen-bond donors (Lipinski definition) is 1. The Morgan fingerprint density at radius 1 is 1.47 bits per heavy atom. The van der Waals surface area contributed by atoms with Crippen molar-refractivity contribution >= 4 is 28.5 Å². The number of hydrogen-bond acceptors (Lipinski definition) is 3. The highest BCUT2D eigenvalue weighted by Gasteiger charge is 2.38. The largest absolute Gasteiger partial charge is 0.507 e. The van der Waals surface area contributed by atoms with Crippen molar-refractivity contribution in [1.82, 2.24) is 0 Å². The fraction of sp³-hybridized carbons (Fsp3) is 0.500. The molecule has 92 valence electrons. The van der Waals surface area contributed by atoms with Crippen LogP contribution in [0.2, 0.25) is 0 Å². The molecule has 0 radical (unpaired) electrons. The van der Waals surface area contributed by atoms with Gasteiger partial charge < -0.3 is 14.4 Å². The van der Waals surface area contributed by atoms with Crippen molar-refractivity contribution in [3.05, 3.63) is 22.7 Å². The molecule has 1 aliphatic rings. The Morgan fingerprint density at radius 2 is 2.18 bits per heavy atom. The first-order valence-electron chi connectivity index (χ1n) is 5.69. The van der Waals surface area contributed by atoms with E-state index >= 15 is 0 Å². The molecule has 1 fully saturated rings. The second-order valence-corrected chi connectivity index (χ2v) is 5.93. The predicted molar refractivity (Wildman–Crippen MR) is 71.5 cm³/mol. The molecular formula is C12H16BBrO3. The Kier molecular flexibility index (Phi) is 3.52. The van der Waals surface area contributed by atoms with Crippen LogP contribution in [0.3, 0.4) is 0 Å². The summed E-state index contributed by atoms with van der Waals surface area (Å²) in [5.74, 6) is 0.219.